The number of nitrogens with zero attached hydrogens (tertiary/aromatic N) is 3. The summed E-state index contributed by atoms with van der Waals surface area (Å²) in [5.74, 6) is -0.775. The Bertz CT molecular complexity index is 621. The van der Waals surface area contributed by atoms with E-state index in [-0.39, 0.29) is 11.1 Å². The van der Waals surface area contributed by atoms with Gasteiger partial charge in [0, 0.05) is 11.8 Å². The third-order valence-corrected chi connectivity index (χ3v) is 2.74. The molecule has 0 saturated heterocycles. The van der Waals surface area contributed by atoms with E-state index in [1.165, 1.54) is 16.8 Å². The van der Waals surface area contributed by atoms with Gasteiger partial charge in [0.1, 0.15) is 5.56 Å². The highest BCUT2D eigenvalue weighted by molar-refractivity contribution is 5.90. The lowest BCUT2D eigenvalue weighted by atomic mass is 10.2. The molecule has 0 aliphatic heterocycles. The second kappa shape index (κ2) is 4.75. The molecule has 2 aromatic heterocycles. The summed E-state index contributed by atoms with van der Waals surface area (Å²) in [6, 6.07) is 2.62. The molecule has 100 valence electrons. The predicted octanol–water partition coefficient (Wildman–Crippen LogP) is 2.52. The van der Waals surface area contributed by atoms with E-state index in [9.17, 15) is 13.6 Å². The number of pyridine rings is 1. The highest BCUT2D eigenvalue weighted by atomic mass is 19.3. The number of hydrogen-bond donors (Lipinski definition) is 1. The fourth-order valence-electron chi connectivity index (χ4n) is 1.83. The maximum atomic E-state index is 12.4. The molecular formula is C12H11F2N3O2. The largest absolute Gasteiger partial charge is 0.478 e. The quantitative estimate of drug-likeness (QED) is 0.927. The first-order chi connectivity index (χ1) is 8.91. The number of rotatable bonds is 3. The molecule has 19 heavy (non-hydrogen) atoms. The number of aromatic nitrogens is 3. The van der Waals surface area contributed by atoms with Gasteiger partial charge in [-0.3, -0.25) is 0 Å². The third kappa shape index (κ3) is 2.31. The van der Waals surface area contributed by atoms with E-state index in [0.29, 0.717) is 17.2 Å². The zero-order valence-electron chi connectivity index (χ0n) is 10.3. The molecule has 0 aliphatic rings. The van der Waals surface area contributed by atoms with Gasteiger partial charge in [-0.15, -0.1) is 0 Å². The van der Waals surface area contributed by atoms with Crippen molar-refractivity contribution in [3.8, 4) is 5.82 Å². The Morgan fingerprint density at radius 1 is 1.37 bits per heavy atom. The van der Waals surface area contributed by atoms with Gasteiger partial charge in [0.15, 0.2) is 5.82 Å². The summed E-state index contributed by atoms with van der Waals surface area (Å²) in [6.07, 6.45) is -1.53. The number of halogens is 2. The fraction of sp³-hybridized carbons (Fsp3) is 0.250. The van der Waals surface area contributed by atoms with Crippen molar-refractivity contribution in [2.45, 2.75) is 20.3 Å². The molecule has 1 N–H and O–H groups in total. The highest BCUT2D eigenvalue weighted by Gasteiger charge is 2.19. The average molecular weight is 267 g/mol. The van der Waals surface area contributed by atoms with Crippen LogP contribution in [-0.2, 0) is 0 Å². The zero-order valence-corrected chi connectivity index (χ0v) is 10.3. The zero-order chi connectivity index (χ0) is 14.2. The van der Waals surface area contributed by atoms with Crippen molar-refractivity contribution in [1.29, 1.82) is 0 Å². The van der Waals surface area contributed by atoms with E-state index in [1.807, 2.05) is 0 Å². The topological polar surface area (TPSA) is 68.0 Å². The summed E-state index contributed by atoms with van der Waals surface area (Å²) in [6.45, 7) is 3.16. The summed E-state index contributed by atoms with van der Waals surface area (Å²) in [5, 5.41) is 13.1. The van der Waals surface area contributed by atoms with Gasteiger partial charge in [-0.2, -0.15) is 5.10 Å². The van der Waals surface area contributed by atoms with Crippen molar-refractivity contribution in [2.75, 3.05) is 0 Å². The van der Waals surface area contributed by atoms with Crippen LogP contribution in [0.5, 0.6) is 0 Å². The standard InChI is InChI=1S/C12H11F2N3O2/c1-6-10(12(18)19)7(2)17(16-6)9-4-3-8(5-15-9)11(13)14/h3-5,11H,1-2H3,(H,18,19). The van der Waals surface area contributed by atoms with Gasteiger partial charge in [0.2, 0.25) is 0 Å². The van der Waals surface area contributed by atoms with Gasteiger partial charge >= 0.3 is 5.97 Å². The van der Waals surface area contributed by atoms with Crippen molar-refractivity contribution in [1.82, 2.24) is 14.8 Å². The second-order valence-corrected chi connectivity index (χ2v) is 4.01. The van der Waals surface area contributed by atoms with Crippen molar-refractivity contribution in [3.05, 3.63) is 40.8 Å². The molecule has 0 spiro atoms. The summed E-state index contributed by atoms with van der Waals surface area (Å²) < 4.78 is 26.2. The number of carbonyl (C=O) groups is 1. The van der Waals surface area contributed by atoms with Gasteiger partial charge in [-0.25, -0.2) is 23.2 Å². The molecule has 0 bridgehead atoms. The molecule has 0 radical (unpaired) electrons. The lowest BCUT2D eigenvalue weighted by Gasteiger charge is -2.04. The number of carboxylic acid groups (broad SMARTS) is 1. The summed E-state index contributed by atoms with van der Waals surface area (Å²) in [4.78, 5) is 14.9. The second-order valence-electron chi connectivity index (χ2n) is 4.01. The molecule has 0 fully saturated rings. The van der Waals surface area contributed by atoms with E-state index >= 15 is 0 Å². The summed E-state index contributed by atoms with van der Waals surface area (Å²) in [7, 11) is 0. The number of aryl methyl sites for hydroxylation is 1. The minimum Gasteiger partial charge on any atom is -0.478 e. The first kappa shape index (κ1) is 13.1. The van der Waals surface area contributed by atoms with Gasteiger partial charge in [0.25, 0.3) is 6.43 Å². The maximum absolute atomic E-state index is 12.4. The van der Waals surface area contributed by atoms with Gasteiger partial charge in [-0.1, -0.05) is 0 Å². The van der Waals surface area contributed by atoms with Crippen LogP contribution in [-0.4, -0.2) is 25.8 Å². The van der Waals surface area contributed by atoms with E-state index in [2.05, 4.69) is 10.1 Å². The van der Waals surface area contributed by atoms with Gasteiger partial charge < -0.3 is 5.11 Å². The van der Waals surface area contributed by atoms with Crippen LogP contribution in [0.1, 0.15) is 33.7 Å². The van der Waals surface area contributed by atoms with Crippen molar-refractivity contribution in [3.63, 3.8) is 0 Å². The molecule has 7 heteroatoms. The lowest BCUT2D eigenvalue weighted by Crippen LogP contribution is -2.04. The normalized spacial score (nSPS) is 11.0. The molecule has 2 aromatic rings. The first-order valence-corrected chi connectivity index (χ1v) is 5.45. The maximum Gasteiger partial charge on any atom is 0.339 e. The Morgan fingerprint density at radius 3 is 2.47 bits per heavy atom. The fourth-order valence-corrected chi connectivity index (χ4v) is 1.83. The number of alkyl halides is 2. The van der Waals surface area contributed by atoms with Crippen LogP contribution in [0.25, 0.3) is 5.82 Å². The molecule has 0 saturated carbocycles. The summed E-state index contributed by atoms with van der Waals surface area (Å²) >= 11 is 0. The van der Waals surface area contributed by atoms with Crippen LogP contribution in [0.15, 0.2) is 18.3 Å². The van der Waals surface area contributed by atoms with Crippen molar-refractivity contribution >= 4 is 5.97 Å². The Labute approximate surface area is 107 Å². The Balaban J connectivity index is 2.48. The lowest BCUT2D eigenvalue weighted by molar-refractivity contribution is 0.0695. The predicted molar refractivity (Wildman–Crippen MR) is 62.7 cm³/mol. The average Bonchev–Trinajstić information content (AvgIpc) is 2.65. The van der Waals surface area contributed by atoms with E-state index in [0.717, 1.165) is 6.20 Å². The van der Waals surface area contributed by atoms with Crippen molar-refractivity contribution in [2.24, 2.45) is 0 Å². The Morgan fingerprint density at radius 2 is 2.05 bits per heavy atom. The van der Waals surface area contributed by atoms with Crippen LogP contribution in [0.4, 0.5) is 8.78 Å². The monoisotopic (exact) mass is 267 g/mol. The van der Waals surface area contributed by atoms with Gasteiger partial charge in [-0.05, 0) is 26.0 Å². The van der Waals surface area contributed by atoms with E-state index in [1.54, 1.807) is 13.8 Å². The summed E-state index contributed by atoms with van der Waals surface area (Å²) in [5.41, 5.74) is 0.663. The number of aromatic carboxylic acids is 1. The van der Waals surface area contributed by atoms with Crippen LogP contribution in [0.2, 0.25) is 0 Å². The minimum absolute atomic E-state index is 0.0970. The van der Waals surface area contributed by atoms with Crippen LogP contribution in [0, 0.1) is 13.8 Å². The molecule has 0 aromatic carbocycles. The molecule has 0 unspecified atom stereocenters. The number of hydrogen-bond acceptors (Lipinski definition) is 3. The van der Waals surface area contributed by atoms with Crippen molar-refractivity contribution < 1.29 is 18.7 Å². The third-order valence-electron chi connectivity index (χ3n) is 2.74. The molecule has 5 nitrogen and oxygen atoms in total. The molecule has 0 atom stereocenters. The smallest absolute Gasteiger partial charge is 0.339 e. The number of carboxylic acids is 1. The van der Waals surface area contributed by atoms with E-state index < -0.39 is 12.4 Å². The molecule has 2 heterocycles. The van der Waals surface area contributed by atoms with Crippen LogP contribution in [0.3, 0.4) is 0 Å². The molecular weight excluding hydrogens is 256 g/mol. The first-order valence-electron chi connectivity index (χ1n) is 5.45. The van der Waals surface area contributed by atoms with Crippen LogP contribution >= 0.6 is 0 Å². The highest BCUT2D eigenvalue weighted by Crippen LogP contribution is 2.20. The molecule has 0 aliphatic carbocycles. The Kier molecular flexibility index (Phi) is 3.28. The Hall–Kier alpha value is -2.31. The van der Waals surface area contributed by atoms with Gasteiger partial charge in [0.05, 0.1) is 11.4 Å². The van der Waals surface area contributed by atoms with E-state index in [4.69, 9.17) is 5.11 Å². The molecule has 2 rings (SSSR count). The van der Waals surface area contributed by atoms with Crippen LogP contribution < -0.4 is 0 Å². The minimum atomic E-state index is -2.59. The SMILES string of the molecule is Cc1nn(-c2ccc(C(F)F)cn2)c(C)c1C(=O)O. The molecule has 0 amide bonds.